The van der Waals surface area contributed by atoms with Gasteiger partial charge in [-0.3, -0.25) is 4.79 Å². The minimum atomic E-state index is -0.164. The lowest BCUT2D eigenvalue weighted by molar-refractivity contribution is 0.0776. The van der Waals surface area contributed by atoms with Crippen LogP contribution in [-0.4, -0.2) is 23.9 Å². The summed E-state index contributed by atoms with van der Waals surface area (Å²) in [5.74, 6) is -0.164. The van der Waals surface area contributed by atoms with Crippen LogP contribution in [0.5, 0.6) is 0 Å². The van der Waals surface area contributed by atoms with Crippen LogP contribution in [0.2, 0.25) is 5.02 Å². The lowest BCUT2D eigenvalue weighted by atomic mass is 10.2. The molecule has 0 spiro atoms. The zero-order valence-corrected chi connectivity index (χ0v) is 11.8. The lowest BCUT2D eigenvalue weighted by Crippen LogP contribution is -2.32. The molecule has 1 rings (SSSR count). The van der Waals surface area contributed by atoms with Crippen molar-refractivity contribution in [1.29, 1.82) is 5.26 Å². The maximum absolute atomic E-state index is 12.1. The summed E-state index contributed by atoms with van der Waals surface area (Å²) in [7, 11) is 0. The Kier molecular flexibility index (Phi) is 5.46. The number of carbonyl (C=O) groups excluding carboxylic acids is 1. The third kappa shape index (κ3) is 3.72. The molecule has 1 amide bonds. The number of nitriles is 1. The molecule has 0 N–H and O–H groups in total. The standard InChI is InChI=1S/C12H12BrClN2O/c1-2-6-16(7-5-15)12(17)9-3-4-10(13)11(14)8-9/h3-4,8H,2,6-7H2,1H3. The van der Waals surface area contributed by atoms with Crippen molar-refractivity contribution >= 4 is 33.4 Å². The monoisotopic (exact) mass is 314 g/mol. The summed E-state index contributed by atoms with van der Waals surface area (Å²) in [4.78, 5) is 13.6. The molecule has 0 unspecified atom stereocenters. The van der Waals surface area contributed by atoms with E-state index in [9.17, 15) is 4.79 Å². The normalized spacial score (nSPS) is 9.76. The van der Waals surface area contributed by atoms with Crippen molar-refractivity contribution in [2.24, 2.45) is 0 Å². The Morgan fingerprint density at radius 3 is 2.82 bits per heavy atom. The van der Waals surface area contributed by atoms with Gasteiger partial charge in [-0.05, 0) is 40.5 Å². The number of rotatable bonds is 4. The first kappa shape index (κ1) is 14.0. The highest BCUT2D eigenvalue weighted by molar-refractivity contribution is 9.10. The molecule has 90 valence electrons. The van der Waals surface area contributed by atoms with Crippen molar-refractivity contribution in [3.63, 3.8) is 0 Å². The molecule has 1 aromatic carbocycles. The van der Waals surface area contributed by atoms with Gasteiger partial charge in [-0.2, -0.15) is 5.26 Å². The van der Waals surface area contributed by atoms with Crippen LogP contribution >= 0.6 is 27.5 Å². The zero-order valence-electron chi connectivity index (χ0n) is 9.41. The van der Waals surface area contributed by atoms with Crippen LogP contribution in [0.4, 0.5) is 0 Å². The van der Waals surface area contributed by atoms with Crippen LogP contribution in [0.3, 0.4) is 0 Å². The number of hydrogen-bond acceptors (Lipinski definition) is 2. The minimum absolute atomic E-state index is 0.0976. The summed E-state index contributed by atoms with van der Waals surface area (Å²) in [6.07, 6.45) is 0.817. The van der Waals surface area contributed by atoms with Gasteiger partial charge in [-0.25, -0.2) is 0 Å². The van der Waals surface area contributed by atoms with Crippen LogP contribution in [0, 0.1) is 11.3 Å². The van der Waals surface area contributed by atoms with Gasteiger partial charge in [-0.15, -0.1) is 0 Å². The number of nitrogens with zero attached hydrogens (tertiary/aromatic N) is 2. The number of amides is 1. The first-order valence-corrected chi connectivity index (χ1v) is 6.38. The Morgan fingerprint density at radius 2 is 2.29 bits per heavy atom. The molecule has 3 nitrogen and oxygen atoms in total. The summed E-state index contributed by atoms with van der Waals surface area (Å²) >= 11 is 9.20. The van der Waals surface area contributed by atoms with E-state index in [0.717, 1.165) is 10.9 Å². The van der Waals surface area contributed by atoms with Gasteiger partial charge in [0.1, 0.15) is 6.54 Å². The van der Waals surface area contributed by atoms with Crippen molar-refractivity contribution in [1.82, 2.24) is 4.90 Å². The number of benzene rings is 1. The average Bonchev–Trinajstić information content (AvgIpc) is 2.31. The van der Waals surface area contributed by atoms with Crippen LogP contribution in [0.15, 0.2) is 22.7 Å². The third-order valence-electron chi connectivity index (χ3n) is 2.21. The predicted octanol–water partition coefficient (Wildman–Crippen LogP) is 3.48. The highest BCUT2D eigenvalue weighted by Crippen LogP contribution is 2.23. The molecular formula is C12H12BrClN2O. The summed E-state index contributed by atoms with van der Waals surface area (Å²) < 4.78 is 0.748. The lowest BCUT2D eigenvalue weighted by Gasteiger charge is -2.18. The molecule has 0 bridgehead atoms. The second-order valence-electron chi connectivity index (χ2n) is 3.51. The summed E-state index contributed by atoms with van der Waals surface area (Å²) in [5.41, 5.74) is 0.502. The van der Waals surface area contributed by atoms with E-state index in [4.69, 9.17) is 16.9 Å². The van der Waals surface area contributed by atoms with E-state index in [-0.39, 0.29) is 12.5 Å². The first-order chi connectivity index (χ1) is 8.10. The van der Waals surface area contributed by atoms with Gasteiger partial charge in [0.25, 0.3) is 5.91 Å². The molecule has 5 heteroatoms. The minimum Gasteiger partial charge on any atom is -0.325 e. The molecule has 0 aliphatic carbocycles. The van der Waals surface area contributed by atoms with E-state index in [2.05, 4.69) is 15.9 Å². The predicted molar refractivity (Wildman–Crippen MR) is 71.0 cm³/mol. The Labute approximate surface area is 114 Å². The molecule has 0 saturated heterocycles. The molecule has 0 heterocycles. The molecule has 0 saturated carbocycles. The number of hydrogen-bond donors (Lipinski definition) is 0. The van der Waals surface area contributed by atoms with Gasteiger partial charge < -0.3 is 4.90 Å². The quantitative estimate of drug-likeness (QED) is 0.798. The smallest absolute Gasteiger partial charge is 0.254 e. The summed E-state index contributed by atoms with van der Waals surface area (Å²) in [6.45, 7) is 2.63. The first-order valence-electron chi connectivity index (χ1n) is 5.21. The number of carbonyl (C=O) groups is 1. The van der Waals surface area contributed by atoms with E-state index >= 15 is 0 Å². The van der Waals surface area contributed by atoms with E-state index < -0.39 is 0 Å². The topological polar surface area (TPSA) is 44.1 Å². The number of halogens is 2. The fourth-order valence-electron chi connectivity index (χ4n) is 1.42. The molecule has 0 radical (unpaired) electrons. The molecule has 0 aromatic heterocycles. The van der Waals surface area contributed by atoms with E-state index in [1.165, 1.54) is 4.90 Å². The molecule has 0 fully saturated rings. The molecule has 0 atom stereocenters. The zero-order chi connectivity index (χ0) is 12.8. The van der Waals surface area contributed by atoms with Gasteiger partial charge in [0.05, 0.1) is 11.1 Å². The van der Waals surface area contributed by atoms with Gasteiger partial charge in [-0.1, -0.05) is 18.5 Å². The fraction of sp³-hybridized carbons (Fsp3) is 0.333. The largest absolute Gasteiger partial charge is 0.325 e. The van der Waals surface area contributed by atoms with Crippen LogP contribution < -0.4 is 0 Å². The highest BCUT2D eigenvalue weighted by atomic mass is 79.9. The maximum atomic E-state index is 12.1. The van der Waals surface area contributed by atoms with Crippen molar-refractivity contribution in [2.45, 2.75) is 13.3 Å². The fourth-order valence-corrected chi connectivity index (χ4v) is 1.85. The van der Waals surface area contributed by atoms with Gasteiger partial charge >= 0.3 is 0 Å². The average molecular weight is 316 g/mol. The van der Waals surface area contributed by atoms with E-state index in [1.807, 2.05) is 13.0 Å². The molecule has 1 aromatic rings. The second-order valence-corrected chi connectivity index (χ2v) is 4.78. The molecular weight excluding hydrogens is 304 g/mol. The van der Waals surface area contributed by atoms with Gasteiger partial charge in [0.15, 0.2) is 0 Å². The van der Waals surface area contributed by atoms with Crippen molar-refractivity contribution in [2.75, 3.05) is 13.1 Å². The van der Waals surface area contributed by atoms with Crippen molar-refractivity contribution in [3.8, 4) is 6.07 Å². The Bertz CT molecular complexity index is 456. The van der Waals surface area contributed by atoms with Gasteiger partial charge in [0, 0.05) is 16.6 Å². The summed E-state index contributed by atoms with van der Waals surface area (Å²) in [6, 6.07) is 7.02. The molecule has 17 heavy (non-hydrogen) atoms. The van der Waals surface area contributed by atoms with Crippen molar-refractivity contribution in [3.05, 3.63) is 33.3 Å². The molecule has 0 aliphatic rings. The Hall–Kier alpha value is -1.05. The third-order valence-corrected chi connectivity index (χ3v) is 3.44. The maximum Gasteiger partial charge on any atom is 0.254 e. The van der Waals surface area contributed by atoms with Crippen molar-refractivity contribution < 1.29 is 4.79 Å². The van der Waals surface area contributed by atoms with Crippen LogP contribution in [0.1, 0.15) is 23.7 Å². The van der Waals surface area contributed by atoms with Gasteiger partial charge in [0.2, 0.25) is 0 Å². The summed E-state index contributed by atoms with van der Waals surface area (Å²) in [5, 5.41) is 9.17. The Balaban J connectivity index is 2.93. The van der Waals surface area contributed by atoms with E-state index in [1.54, 1.807) is 18.2 Å². The van der Waals surface area contributed by atoms with Crippen LogP contribution in [-0.2, 0) is 0 Å². The van der Waals surface area contributed by atoms with Crippen LogP contribution in [0.25, 0.3) is 0 Å². The van der Waals surface area contributed by atoms with E-state index in [0.29, 0.717) is 17.1 Å². The molecule has 0 aliphatic heterocycles. The highest BCUT2D eigenvalue weighted by Gasteiger charge is 2.15. The second kappa shape index (κ2) is 6.63. The SMILES string of the molecule is CCCN(CC#N)C(=O)c1ccc(Br)c(Cl)c1. The Morgan fingerprint density at radius 1 is 1.59 bits per heavy atom.